The Morgan fingerprint density at radius 2 is 2.15 bits per heavy atom. The number of carbonyl (C=O) groups is 1. The van der Waals surface area contributed by atoms with Crippen LogP contribution < -0.4 is 5.32 Å². The largest absolute Gasteiger partial charge is 0.376 e. The van der Waals surface area contributed by atoms with Crippen LogP contribution in [-0.4, -0.2) is 25.2 Å². The molecule has 1 amide bonds. The Labute approximate surface area is 120 Å². The van der Waals surface area contributed by atoms with E-state index in [0.29, 0.717) is 6.54 Å². The first-order valence-electron chi connectivity index (χ1n) is 7.11. The molecule has 1 aromatic rings. The van der Waals surface area contributed by atoms with Crippen LogP contribution in [0.4, 0.5) is 0 Å². The Morgan fingerprint density at radius 1 is 1.30 bits per heavy atom. The SMILES string of the molecule is O=C(/C=C/C=C/Cc1ccccc1)NCC1CCCO1. The van der Waals surface area contributed by atoms with E-state index < -0.39 is 0 Å². The molecular weight excluding hydrogens is 250 g/mol. The quantitative estimate of drug-likeness (QED) is 0.638. The van der Waals surface area contributed by atoms with Gasteiger partial charge in [-0.05, 0) is 24.8 Å². The van der Waals surface area contributed by atoms with Crippen LogP contribution in [0.5, 0.6) is 0 Å². The second kappa shape index (κ2) is 8.33. The predicted octanol–water partition coefficient (Wildman–Crippen LogP) is 2.64. The van der Waals surface area contributed by atoms with Gasteiger partial charge in [-0.2, -0.15) is 0 Å². The maximum Gasteiger partial charge on any atom is 0.244 e. The topological polar surface area (TPSA) is 38.3 Å². The summed E-state index contributed by atoms with van der Waals surface area (Å²) in [6.07, 6.45) is 10.5. The van der Waals surface area contributed by atoms with Gasteiger partial charge in [-0.3, -0.25) is 4.79 Å². The van der Waals surface area contributed by atoms with E-state index in [1.54, 1.807) is 12.2 Å². The van der Waals surface area contributed by atoms with Gasteiger partial charge in [-0.25, -0.2) is 0 Å². The number of nitrogens with one attached hydrogen (secondary N) is 1. The number of benzene rings is 1. The van der Waals surface area contributed by atoms with Crippen LogP contribution >= 0.6 is 0 Å². The number of amides is 1. The van der Waals surface area contributed by atoms with E-state index >= 15 is 0 Å². The molecule has 1 atom stereocenters. The molecule has 0 radical (unpaired) electrons. The smallest absolute Gasteiger partial charge is 0.244 e. The molecule has 1 aliphatic heterocycles. The maximum absolute atomic E-state index is 11.5. The zero-order valence-corrected chi connectivity index (χ0v) is 11.6. The van der Waals surface area contributed by atoms with Crippen LogP contribution in [0.1, 0.15) is 18.4 Å². The van der Waals surface area contributed by atoms with E-state index in [9.17, 15) is 4.79 Å². The molecule has 0 aliphatic carbocycles. The second-order valence-corrected chi connectivity index (χ2v) is 4.86. The van der Waals surface area contributed by atoms with Gasteiger partial charge in [0.2, 0.25) is 5.91 Å². The molecule has 2 rings (SSSR count). The molecule has 0 aromatic heterocycles. The number of hydrogen-bond acceptors (Lipinski definition) is 2. The minimum absolute atomic E-state index is 0.0649. The lowest BCUT2D eigenvalue weighted by Crippen LogP contribution is -2.30. The van der Waals surface area contributed by atoms with Crippen molar-refractivity contribution in [2.24, 2.45) is 0 Å². The highest BCUT2D eigenvalue weighted by Crippen LogP contribution is 2.10. The first kappa shape index (κ1) is 14.5. The van der Waals surface area contributed by atoms with Crippen molar-refractivity contribution in [3.05, 3.63) is 60.2 Å². The summed E-state index contributed by atoms with van der Waals surface area (Å²) in [5.74, 6) is -0.0649. The summed E-state index contributed by atoms with van der Waals surface area (Å²) in [6.45, 7) is 1.43. The molecule has 1 saturated heterocycles. The van der Waals surface area contributed by atoms with Crippen LogP contribution in [0.15, 0.2) is 54.6 Å². The van der Waals surface area contributed by atoms with Crippen LogP contribution in [0.25, 0.3) is 0 Å². The summed E-state index contributed by atoms with van der Waals surface area (Å²) in [7, 11) is 0. The summed E-state index contributed by atoms with van der Waals surface area (Å²) in [4.78, 5) is 11.5. The van der Waals surface area contributed by atoms with E-state index in [1.807, 2.05) is 30.4 Å². The molecule has 1 aromatic carbocycles. The van der Waals surface area contributed by atoms with Crippen LogP contribution in [-0.2, 0) is 16.0 Å². The van der Waals surface area contributed by atoms with Gasteiger partial charge in [0.1, 0.15) is 0 Å². The van der Waals surface area contributed by atoms with Gasteiger partial charge in [0.15, 0.2) is 0 Å². The molecular formula is C17H21NO2. The normalized spacial score (nSPS) is 18.9. The Kier molecular flexibility index (Phi) is 6.06. The Morgan fingerprint density at radius 3 is 2.90 bits per heavy atom. The van der Waals surface area contributed by atoms with E-state index in [0.717, 1.165) is 25.9 Å². The van der Waals surface area contributed by atoms with Crippen molar-refractivity contribution >= 4 is 5.91 Å². The Hall–Kier alpha value is -1.87. The van der Waals surface area contributed by atoms with Crippen LogP contribution in [0, 0.1) is 0 Å². The highest BCUT2D eigenvalue weighted by Gasteiger charge is 2.15. The van der Waals surface area contributed by atoms with Gasteiger partial charge in [-0.15, -0.1) is 0 Å². The lowest BCUT2D eigenvalue weighted by molar-refractivity contribution is -0.117. The zero-order chi connectivity index (χ0) is 14.0. The van der Waals surface area contributed by atoms with Gasteiger partial charge in [0.25, 0.3) is 0 Å². The molecule has 106 valence electrons. The predicted molar refractivity (Wildman–Crippen MR) is 80.4 cm³/mol. The standard InChI is InChI=1S/C17H21NO2/c19-17(18-14-16-11-7-13-20-16)12-6-2-5-10-15-8-3-1-4-9-15/h1-6,8-9,12,16H,7,10-11,13-14H2,(H,18,19)/b5-2+,12-6+. The lowest BCUT2D eigenvalue weighted by Gasteiger charge is -2.08. The number of hydrogen-bond donors (Lipinski definition) is 1. The number of ether oxygens (including phenoxy) is 1. The molecule has 0 saturated carbocycles. The van der Waals surface area contributed by atoms with Crippen molar-refractivity contribution in [1.82, 2.24) is 5.32 Å². The monoisotopic (exact) mass is 271 g/mol. The molecule has 20 heavy (non-hydrogen) atoms. The maximum atomic E-state index is 11.5. The van der Waals surface area contributed by atoms with Crippen molar-refractivity contribution in [2.45, 2.75) is 25.4 Å². The third-order valence-electron chi connectivity index (χ3n) is 3.22. The number of rotatable bonds is 6. The van der Waals surface area contributed by atoms with Crippen LogP contribution in [0.2, 0.25) is 0 Å². The molecule has 1 aliphatic rings. The third-order valence-corrected chi connectivity index (χ3v) is 3.22. The fourth-order valence-corrected chi connectivity index (χ4v) is 2.12. The molecule has 0 spiro atoms. The van der Waals surface area contributed by atoms with Crippen molar-refractivity contribution in [2.75, 3.05) is 13.2 Å². The summed E-state index contributed by atoms with van der Waals surface area (Å²) in [5, 5.41) is 2.85. The van der Waals surface area contributed by atoms with Crippen LogP contribution in [0.3, 0.4) is 0 Å². The van der Waals surface area contributed by atoms with Gasteiger partial charge in [0.05, 0.1) is 6.10 Å². The molecule has 1 heterocycles. The lowest BCUT2D eigenvalue weighted by atomic mass is 10.1. The third kappa shape index (κ3) is 5.41. The summed E-state index contributed by atoms with van der Waals surface area (Å²) < 4.78 is 5.44. The first-order chi connectivity index (χ1) is 9.84. The minimum Gasteiger partial charge on any atom is -0.376 e. The second-order valence-electron chi connectivity index (χ2n) is 4.86. The molecule has 1 fully saturated rings. The number of carbonyl (C=O) groups excluding carboxylic acids is 1. The van der Waals surface area contributed by atoms with E-state index in [2.05, 4.69) is 17.4 Å². The first-order valence-corrected chi connectivity index (χ1v) is 7.11. The van der Waals surface area contributed by atoms with Crippen molar-refractivity contribution in [1.29, 1.82) is 0 Å². The fraction of sp³-hybridized carbons (Fsp3) is 0.353. The van der Waals surface area contributed by atoms with Gasteiger partial charge in [0, 0.05) is 19.2 Å². The summed E-state index contributed by atoms with van der Waals surface area (Å²) >= 11 is 0. The molecule has 0 bridgehead atoms. The van der Waals surface area contributed by atoms with Gasteiger partial charge >= 0.3 is 0 Å². The average molecular weight is 271 g/mol. The summed E-state index contributed by atoms with van der Waals surface area (Å²) in [6, 6.07) is 10.2. The number of allylic oxidation sites excluding steroid dienone is 3. The molecule has 1 unspecified atom stereocenters. The van der Waals surface area contributed by atoms with Gasteiger partial charge in [-0.1, -0.05) is 48.6 Å². The van der Waals surface area contributed by atoms with Crippen molar-refractivity contribution in [3.63, 3.8) is 0 Å². The minimum atomic E-state index is -0.0649. The molecule has 3 heteroatoms. The van der Waals surface area contributed by atoms with E-state index in [-0.39, 0.29) is 12.0 Å². The fourth-order valence-electron chi connectivity index (χ4n) is 2.12. The van der Waals surface area contributed by atoms with E-state index in [4.69, 9.17) is 4.74 Å². The zero-order valence-electron chi connectivity index (χ0n) is 11.6. The highest BCUT2D eigenvalue weighted by atomic mass is 16.5. The average Bonchev–Trinajstić information content (AvgIpc) is 2.99. The van der Waals surface area contributed by atoms with Crippen molar-refractivity contribution in [3.8, 4) is 0 Å². The molecule has 3 nitrogen and oxygen atoms in total. The molecule has 1 N–H and O–H groups in total. The Balaban J connectivity index is 1.63. The Bertz CT molecular complexity index is 459. The van der Waals surface area contributed by atoms with Crippen molar-refractivity contribution < 1.29 is 9.53 Å². The summed E-state index contributed by atoms with van der Waals surface area (Å²) in [5.41, 5.74) is 1.26. The van der Waals surface area contributed by atoms with E-state index in [1.165, 1.54) is 5.56 Å². The van der Waals surface area contributed by atoms with Gasteiger partial charge < -0.3 is 10.1 Å². The highest BCUT2D eigenvalue weighted by molar-refractivity contribution is 5.87.